The van der Waals surface area contributed by atoms with E-state index in [0.717, 1.165) is 16.7 Å². The van der Waals surface area contributed by atoms with Crippen LogP contribution in [0.1, 0.15) is 12.5 Å². The van der Waals surface area contributed by atoms with Crippen LogP contribution in [0.4, 0.5) is 0 Å². The molecule has 2 rings (SSSR count). The average Bonchev–Trinajstić information content (AvgIpc) is 2.37. The second kappa shape index (κ2) is 5.65. The van der Waals surface area contributed by atoms with Gasteiger partial charge in [-0.15, -0.1) is 0 Å². The van der Waals surface area contributed by atoms with Crippen molar-refractivity contribution in [1.82, 2.24) is 0 Å². The number of allylic oxidation sites excluding steroid dienone is 1. The first kappa shape index (κ1) is 12.6. The zero-order chi connectivity index (χ0) is 13.0. The van der Waals surface area contributed by atoms with E-state index in [4.69, 9.17) is 11.6 Å². The maximum absolute atomic E-state index is 10.9. The summed E-state index contributed by atoms with van der Waals surface area (Å²) in [5, 5.41) is 0.687. The van der Waals surface area contributed by atoms with Crippen molar-refractivity contribution in [1.29, 1.82) is 0 Å². The van der Waals surface area contributed by atoms with Crippen LogP contribution in [-0.2, 0) is 4.79 Å². The maximum atomic E-state index is 10.9. The highest BCUT2D eigenvalue weighted by Crippen LogP contribution is 2.28. The molecule has 0 bridgehead atoms. The minimum Gasteiger partial charge on any atom is -0.295 e. The molecule has 0 heterocycles. The molecule has 0 aliphatic rings. The highest BCUT2D eigenvalue weighted by atomic mass is 35.5. The monoisotopic (exact) mass is 256 g/mol. The summed E-state index contributed by atoms with van der Waals surface area (Å²) >= 11 is 6.26. The molecule has 90 valence electrons. The van der Waals surface area contributed by atoms with Crippen LogP contribution in [-0.4, -0.2) is 5.78 Å². The van der Waals surface area contributed by atoms with Gasteiger partial charge in [-0.3, -0.25) is 4.79 Å². The highest BCUT2D eigenvalue weighted by molar-refractivity contribution is 6.33. The van der Waals surface area contributed by atoms with E-state index >= 15 is 0 Å². The maximum Gasteiger partial charge on any atom is 0.152 e. The molecule has 0 atom stereocenters. The lowest BCUT2D eigenvalue weighted by Crippen LogP contribution is -1.83. The first-order chi connectivity index (χ1) is 8.66. The fourth-order valence-electron chi connectivity index (χ4n) is 1.70. The van der Waals surface area contributed by atoms with Crippen molar-refractivity contribution in [3.63, 3.8) is 0 Å². The molecule has 2 aromatic rings. The molecule has 0 spiro atoms. The van der Waals surface area contributed by atoms with Gasteiger partial charge in [-0.25, -0.2) is 0 Å². The standard InChI is InChI=1S/C16H13ClO/c1-12(18)7-8-13-9-10-15(16(17)11-13)14-5-3-2-4-6-14/h2-11H,1H3. The summed E-state index contributed by atoms with van der Waals surface area (Å²) in [7, 11) is 0. The normalized spacial score (nSPS) is 10.8. The van der Waals surface area contributed by atoms with Crippen molar-refractivity contribution in [2.75, 3.05) is 0 Å². The van der Waals surface area contributed by atoms with Crippen LogP contribution < -0.4 is 0 Å². The van der Waals surface area contributed by atoms with Gasteiger partial charge in [0.1, 0.15) is 0 Å². The zero-order valence-electron chi connectivity index (χ0n) is 10.1. The van der Waals surface area contributed by atoms with E-state index in [0.29, 0.717) is 5.02 Å². The van der Waals surface area contributed by atoms with Crippen molar-refractivity contribution in [3.05, 3.63) is 65.2 Å². The molecule has 0 aromatic heterocycles. The predicted molar refractivity (Wildman–Crippen MR) is 76.6 cm³/mol. The Morgan fingerprint density at radius 2 is 1.83 bits per heavy atom. The predicted octanol–water partition coefficient (Wildman–Crippen LogP) is 4.61. The Morgan fingerprint density at radius 1 is 1.11 bits per heavy atom. The Labute approximate surface area is 112 Å². The number of carbonyl (C=O) groups excluding carboxylic acids is 1. The molecule has 1 nitrogen and oxygen atoms in total. The third kappa shape index (κ3) is 3.08. The zero-order valence-corrected chi connectivity index (χ0v) is 10.8. The molecule has 0 aliphatic carbocycles. The van der Waals surface area contributed by atoms with Crippen molar-refractivity contribution in [2.24, 2.45) is 0 Å². The lowest BCUT2D eigenvalue weighted by atomic mass is 10.0. The van der Waals surface area contributed by atoms with Crippen LogP contribution >= 0.6 is 11.6 Å². The van der Waals surface area contributed by atoms with Crippen molar-refractivity contribution >= 4 is 23.5 Å². The number of halogens is 1. The molecule has 2 aromatic carbocycles. The van der Waals surface area contributed by atoms with Gasteiger partial charge in [0.15, 0.2) is 5.78 Å². The summed E-state index contributed by atoms with van der Waals surface area (Å²) in [6, 6.07) is 15.8. The first-order valence-electron chi connectivity index (χ1n) is 5.70. The second-order valence-electron chi connectivity index (χ2n) is 4.05. The Morgan fingerprint density at radius 3 is 2.44 bits per heavy atom. The van der Waals surface area contributed by atoms with E-state index in [2.05, 4.69) is 0 Å². The van der Waals surface area contributed by atoms with Crippen molar-refractivity contribution in [3.8, 4) is 11.1 Å². The summed E-state index contributed by atoms with van der Waals surface area (Å²) in [4.78, 5) is 10.9. The summed E-state index contributed by atoms with van der Waals surface area (Å²) in [6.45, 7) is 1.52. The van der Waals surface area contributed by atoms with E-state index in [1.54, 1.807) is 6.08 Å². The summed E-state index contributed by atoms with van der Waals surface area (Å²) in [5.74, 6) is 0.0262. The van der Waals surface area contributed by atoms with Crippen LogP contribution in [0.2, 0.25) is 5.02 Å². The van der Waals surface area contributed by atoms with Crippen molar-refractivity contribution < 1.29 is 4.79 Å². The van der Waals surface area contributed by atoms with E-state index < -0.39 is 0 Å². The smallest absolute Gasteiger partial charge is 0.152 e. The Kier molecular flexibility index (Phi) is 3.96. The molecule has 2 heteroatoms. The average molecular weight is 257 g/mol. The topological polar surface area (TPSA) is 17.1 Å². The molecule has 0 unspecified atom stereocenters. The van der Waals surface area contributed by atoms with Crippen molar-refractivity contribution in [2.45, 2.75) is 6.92 Å². The Hall–Kier alpha value is -1.86. The van der Waals surface area contributed by atoms with E-state index in [9.17, 15) is 4.79 Å². The molecule has 0 amide bonds. The number of hydrogen-bond donors (Lipinski definition) is 0. The van der Waals surface area contributed by atoms with Gasteiger partial charge in [-0.1, -0.05) is 60.1 Å². The quantitative estimate of drug-likeness (QED) is 0.733. The summed E-state index contributed by atoms with van der Waals surface area (Å²) in [6.07, 6.45) is 3.30. The van der Waals surface area contributed by atoms with Gasteiger partial charge < -0.3 is 0 Å². The van der Waals surface area contributed by atoms with Crippen LogP contribution in [0.5, 0.6) is 0 Å². The largest absolute Gasteiger partial charge is 0.295 e. The lowest BCUT2D eigenvalue weighted by molar-refractivity contribution is -0.112. The fourth-order valence-corrected chi connectivity index (χ4v) is 2.00. The van der Waals surface area contributed by atoms with Gasteiger partial charge in [0.25, 0.3) is 0 Å². The molecule has 0 saturated heterocycles. The van der Waals surface area contributed by atoms with Gasteiger partial charge in [0.05, 0.1) is 0 Å². The third-order valence-corrected chi connectivity index (χ3v) is 2.90. The van der Waals surface area contributed by atoms with Crippen LogP contribution in [0, 0.1) is 0 Å². The van der Waals surface area contributed by atoms with Gasteiger partial charge in [0, 0.05) is 10.6 Å². The minimum absolute atomic E-state index is 0.0262. The number of hydrogen-bond acceptors (Lipinski definition) is 1. The molecular formula is C16H13ClO. The first-order valence-corrected chi connectivity index (χ1v) is 6.08. The van der Waals surface area contributed by atoms with E-state index in [-0.39, 0.29) is 5.78 Å². The molecular weight excluding hydrogens is 244 g/mol. The molecule has 0 saturated carbocycles. The minimum atomic E-state index is 0.0262. The van der Waals surface area contributed by atoms with Crippen LogP contribution in [0.3, 0.4) is 0 Å². The lowest BCUT2D eigenvalue weighted by Gasteiger charge is -2.05. The summed E-state index contributed by atoms with van der Waals surface area (Å²) in [5.41, 5.74) is 3.01. The number of ketones is 1. The Bertz CT molecular complexity index is 585. The molecule has 0 fully saturated rings. The third-order valence-electron chi connectivity index (χ3n) is 2.59. The van der Waals surface area contributed by atoms with Gasteiger partial charge in [-0.05, 0) is 30.2 Å². The molecule has 18 heavy (non-hydrogen) atoms. The fraction of sp³-hybridized carbons (Fsp3) is 0.0625. The number of carbonyl (C=O) groups is 1. The highest BCUT2D eigenvalue weighted by Gasteiger charge is 2.02. The SMILES string of the molecule is CC(=O)C=Cc1ccc(-c2ccccc2)c(Cl)c1. The molecule has 0 N–H and O–H groups in total. The van der Waals surface area contributed by atoms with E-state index in [1.165, 1.54) is 13.0 Å². The Balaban J connectivity index is 2.34. The number of rotatable bonds is 3. The van der Waals surface area contributed by atoms with Crippen LogP contribution in [0.15, 0.2) is 54.6 Å². The number of benzene rings is 2. The van der Waals surface area contributed by atoms with Gasteiger partial charge in [-0.2, -0.15) is 0 Å². The summed E-state index contributed by atoms with van der Waals surface area (Å²) < 4.78 is 0. The second-order valence-corrected chi connectivity index (χ2v) is 4.46. The van der Waals surface area contributed by atoms with Gasteiger partial charge in [0.2, 0.25) is 0 Å². The molecule has 0 radical (unpaired) electrons. The molecule has 0 aliphatic heterocycles. The van der Waals surface area contributed by atoms with Gasteiger partial charge >= 0.3 is 0 Å². The van der Waals surface area contributed by atoms with Crippen LogP contribution in [0.25, 0.3) is 17.2 Å². The van der Waals surface area contributed by atoms with E-state index in [1.807, 2.05) is 48.5 Å².